The van der Waals surface area contributed by atoms with E-state index >= 15 is 0 Å². The lowest BCUT2D eigenvalue weighted by Crippen LogP contribution is -2.02. The number of carbonyl (C=O) groups is 1. The zero-order valence-corrected chi connectivity index (χ0v) is 12.5. The minimum atomic E-state index is -1.04. The van der Waals surface area contributed by atoms with Gasteiger partial charge in [-0.25, -0.2) is 9.78 Å². The molecule has 1 heterocycles. The van der Waals surface area contributed by atoms with Gasteiger partial charge >= 0.3 is 5.97 Å². The summed E-state index contributed by atoms with van der Waals surface area (Å²) in [7, 11) is 0. The molecule has 4 nitrogen and oxygen atoms in total. The van der Waals surface area contributed by atoms with Crippen LogP contribution in [0.5, 0.6) is 0 Å². The number of carboxylic acids is 1. The third-order valence-electron chi connectivity index (χ3n) is 3.10. The van der Waals surface area contributed by atoms with Crippen molar-refractivity contribution in [2.75, 3.05) is 5.32 Å². The predicted molar refractivity (Wildman–Crippen MR) is 86.1 cm³/mol. The quantitative estimate of drug-likeness (QED) is 0.738. The number of pyridine rings is 1. The molecule has 0 atom stereocenters. The molecule has 0 fully saturated rings. The first kappa shape index (κ1) is 13.6. The number of rotatable bonds is 3. The molecule has 0 unspecified atom stereocenters. The van der Waals surface area contributed by atoms with Gasteiger partial charge in [0.25, 0.3) is 0 Å². The maximum absolute atomic E-state index is 11.0. The van der Waals surface area contributed by atoms with E-state index < -0.39 is 5.97 Å². The highest BCUT2D eigenvalue weighted by Crippen LogP contribution is 2.31. The van der Waals surface area contributed by atoms with E-state index in [1.54, 1.807) is 12.1 Å². The molecule has 0 spiro atoms. The average molecular weight is 343 g/mol. The Morgan fingerprint density at radius 2 is 1.76 bits per heavy atom. The van der Waals surface area contributed by atoms with Crippen molar-refractivity contribution in [3.05, 3.63) is 64.8 Å². The van der Waals surface area contributed by atoms with E-state index in [-0.39, 0.29) is 5.69 Å². The van der Waals surface area contributed by atoms with Gasteiger partial charge in [-0.15, -0.1) is 0 Å². The summed E-state index contributed by atoms with van der Waals surface area (Å²) in [6.07, 6.45) is 0. The Kier molecular flexibility index (Phi) is 3.58. The topological polar surface area (TPSA) is 62.2 Å². The molecule has 0 radical (unpaired) electrons. The van der Waals surface area contributed by atoms with Crippen LogP contribution in [0.4, 0.5) is 11.5 Å². The zero-order valence-electron chi connectivity index (χ0n) is 10.9. The number of nitrogens with one attached hydrogen (secondary N) is 1. The molecular formula is C16H11BrN2O2. The lowest BCUT2D eigenvalue weighted by molar-refractivity contribution is 0.0690. The Balaban J connectivity index is 2.04. The zero-order chi connectivity index (χ0) is 14.8. The van der Waals surface area contributed by atoms with Gasteiger partial charge in [-0.05, 0) is 29.7 Å². The Morgan fingerprint density at radius 3 is 2.52 bits per heavy atom. The molecule has 0 aliphatic heterocycles. The fraction of sp³-hybridized carbons (Fsp3) is 0. The van der Waals surface area contributed by atoms with E-state index in [9.17, 15) is 4.79 Å². The minimum Gasteiger partial charge on any atom is -0.477 e. The Labute approximate surface area is 129 Å². The van der Waals surface area contributed by atoms with Crippen molar-refractivity contribution in [2.45, 2.75) is 0 Å². The summed E-state index contributed by atoms with van der Waals surface area (Å²) in [5, 5.41) is 14.3. The molecule has 2 N–H and O–H groups in total. The second-order valence-corrected chi connectivity index (χ2v) is 5.33. The molecular weight excluding hydrogens is 332 g/mol. The number of aromatic carboxylic acids is 1. The SMILES string of the molecule is O=C(O)c1cccc(Nc2ccc(Br)c3ccccc23)n1. The highest BCUT2D eigenvalue weighted by Gasteiger charge is 2.07. The van der Waals surface area contributed by atoms with Crippen molar-refractivity contribution in [1.29, 1.82) is 0 Å². The number of aromatic nitrogens is 1. The Bertz CT molecular complexity index is 833. The van der Waals surface area contributed by atoms with E-state index in [0.717, 1.165) is 20.9 Å². The Hall–Kier alpha value is -2.40. The van der Waals surface area contributed by atoms with Crippen LogP contribution >= 0.6 is 15.9 Å². The van der Waals surface area contributed by atoms with E-state index in [4.69, 9.17) is 5.11 Å². The van der Waals surface area contributed by atoms with Gasteiger partial charge in [0, 0.05) is 15.5 Å². The van der Waals surface area contributed by atoms with E-state index in [2.05, 4.69) is 26.2 Å². The van der Waals surface area contributed by atoms with Crippen LogP contribution < -0.4 is 5.32 Å². The van der Waals surface area contributed by atoms with Crippen LogP contribution in [0.15, 0.2) is 59.1 Å². The van der Waals surface area contributed by atoms with Crippen LogP contribution in [0, 0.1) is 0 Å². The van der Waals surface area contributed by atoms with Gasteiger partial charge in [0.1, 0.15) is 5.82 Å². The number of hydrogen-bond acceptors (Lipinski definition) is 3. The van der Waals surface area contributed by atoms with Crippen molar-refractivity contribution in [3.8, 4) is 0 Å². The predicted octanol–water partition coefficient (Wildman–Crippen LogP) is 4.44. The number of benzene rings is 2. The molecule has 2 aromatic carbocycles. The molecule has 3 rings (SSSR count). The molecule has 0 amide bonds. The first-order chi connectivity index (χ1) is 10.1. The molecule has 0 aliphatic rings. The number of nitrogens with zero attached hydrogens (tertiary/aromatic N) is 1. The average Bonchev–Trinajstić information content (AvgIpc) is 2.51. The van der Waals surface area contributed by atoms with Gasteiger partial charge in [-0.1, -0.05) is 46.3 Å². The van der Waals surface area contributed by atoms with E-state index in [1.165, 1.54) is 6.07 Å². The van der Waals surface area contributed by atoms with Crippen LogP contribution in [0.2, 0.25) is 0 Å². The number of carboxylic acid groups (broad SMARTS) is 1. The van der Waals surface area contributed by atoms with Crippen molar-refractivity contribution in [3.63, 3.8) is 0 Å². The minimum absolute atomic E-state index is 0.0152. The summed E-state index contributed by atoms with van der Waals surface area (Å²) in [6, 6.07) is 16.7. The molecule has 21 heavy (non-hydrogen) atoms. The molecule has 0 aliphatic carbocycles. The molecule has 3 aromatic rings. The largest absolute Gasteiger partial charge is 0.477 e. The fourth-order valence-corrected chi connectivity index (χ4v) is 2.61. The third kappa shape index (κ3) is 2.73. The number of halogens is 1. The van der Waals surface area contributed by atoms with Crippen LogP contribution in [-0.2, 0) is 0 Å². The number of anilines is 2. The maximum Gasteiger partial charge on any atom is 0.354 e. The van der Waals surface area contributed by atoms with E-state index in [1.807, 2.05) is 36.4 Å². The molecule has 104 valence electrons. The molecule has 0 bridgehead atoms. The monoisotopic (exact) mass is 342 g/mol. The smallest absolute Gasteiger partial charge is 0.354 e. The third-order valence-corrected chi connectivity index (χ3v) is 3.79. The van der Waals surface area contributed by atoms with Gasteiger partial charge in [0.2, 0.25) is 0 Å². The van der Waals surface area contributed by atoms with Crippen molar-refractivity contribution in [1.82, 2.24) is 4.98 Å². The lowest BCUT2D eigenvalue weighted by Gasteiger charge is -2.10. The first-order valence-corrected chi connectivity index (χ1v) is 7.09. The summed E-state index contributed by atoms with van der Waals surface area (Å²) in [4.78, 5) is 15.0. The highest BCUT2D eigenvalue weighted by molar-refractivity contribution is 9.10. The van der Waals surface area contributed by atoms with Crippen LogP contribution in [-0.4, -0.2) is 16.1 Å². The van der Waals surface area contributed by atoms with Crippen molar-refractivity contribution >= 4 is 44.2 Å². The molecule has 1 aromatic heterocycles. The normalized spacial score (nSPS) is 10.5. The molecule has 0 saturated carbocycles. The number of hydrogen-bond donors (Lipinski definition) is 2. The molecule has 0 saturated heterocycles. The molecule has 5 heteroatoms. The van der Waals surface area contributed by atoms with Gasteiger partial charge < -0.3 is 10.4 Å². The summed E-state index contributed by atoms with van der Waals surface area (Å²) in [6.45, 7) is 0. The van der Waals surface area contributed by atoms with Crippen molar-refractivity contribution < 1.29 is 9.90 Å². The lowest BCUT2D eigenvalue weighted by atomic mass is 10.1. The first-order valence-electron chi connectivity index (χ1n) is 6.30. The van der Waals surface area contributed by atoms with E-state index in [0.29, 0.717) is 5.82 Å². The fourth-order valence-electron chi connectivity index (χ4n) is 2.13. The van der Waals surface area contributed by atoms with Crippen molar-refractivity contribution in [2.24, 2.45) is 0 Å². The highest BCUT2D eigenvalue weighted by atomic mass is 79.9. The maximum atomic E-state index is 11.0. The summed E-state index contributed by atoms with van der Waals surface area (Å²) in [5.74, 6) is -0.540. The van der Waals surface area contributed by atoms with Gasteiger partial charge in [0.05, 0.1) is 0 Å². The summed E-state index contributed by atoms with van der Waals surface area (Å²) in [5.41, 5.74) is 0.894. The van der Waals surface area contributed by atoms with Crippen LogP contribution in [0.25, 0.3) is 10.8 Å². The Morgan fingerprint density at radius 1 is 1.00 bits per heavy atom. The summed E-state index contributed by atoms with van der Waals surface area (Å²) < 4.78 is 1.01. The van der Waals surface area contributed by atoms with Gasteiger partial charge in [0.15, 0.2) is 5.69 Å². The van der Waals surface area contributed by atoms with Gasteiger partial charge in [-0.2, -0.15) is 0 Å². The number of fused-ring (bicyclic) bond motifs is 1. The second-order valence-electron chi connectivity index (χ2n) is 4.48. The van der Waals surface area contributed by atoms with Crippen LogP contribution in [0.3, 0.4) is 0 Å². The standard InChI is InChI=1S/C16H11BrN2O2/c17-12-8-9-13(11-5-2-1-4-10(11)12)18-15-7-3-6-14(19-15)16(20)21/h1-9H,(H,18,19)(H,20,21). The van der Waals surface area contributed by atoms with Crippen LogP contribution in [0.1, 0.15) is 10.5 Å². The summed E-state index contributed by atoms with van der Waals surface area (Å²) >= 11 is 3.53. The second kappa shape index (κ2) is 5.54. The van der Waals surface area contributed by atoms with Gasteiger partial charge in [-0.3, -0.25) is 0 Å².